The largest absolute Gasteiger partial charge is 0.468 e. The molecule has 0 saturated heterocycles. The van der Waals surface area contributed by atoms with E-state index < -0.39 is 0 Å². The first-order chi connectivity index (χ1) is 16.8. The first kappa shape index (κ1) is 35.5. The summed E-state index contributed by atoms with van der Waals surface area (Å²) in [5, 5.41) is 1.07. The van der Waals surface area contributed by atoms with E-state index in [1.165, 1.54) is 77.0 Å². The van der Waals surface area contributed by atoms with Gasteiger partial charge in [0.2, 0.25) is 0 Å². The average Bonchev–Trinajstić information content (AvgIpc) is 2.85. The first-order valence-corrected chi connectivity index (χ1v) is 15.0. The summed E-state index contributed by atoms with van der Waals surface area (Å²) in [5.74, 6) is 0. The number of alkyl halides is 1. The van der Waals surface area contributed by atoms with E-state index in [-0.39, 0.29) is 6.29 Å². The van der Waals surface area contributed by atoms with E-state index in [0.29, 0.717) is 26.3 Å². The summed E-state index contributed by atoms with van der Waals surface area (Å²) >= 11 is 3.34. The Bertz CT molecular complexity index is 400. The fourth-order valence-corrected chi connectivity index (χ4v) is 3.60. The number of carbonyl (C=O) groups excluding carboxylic acids is 1. The molecule has 0 heterocycles. The highest BCUT2D eigenvalue weighted by Gasteiger charge is 2.05. The van der Waals surface area contributed by atoms with Gasteiger partial charge in [-0.25, -0.2) is 0 Å². The molecule has 0 N–H and O–H groups in total. The number of allylic oxidation sites excluding steroid dienone is 2. The monoisotopic (exact) mass is 546 g/mol. The molecule has 0 saturated carbocycles. The molecule has 0 aliphatic heterocycles. The Morgan fingerprint density at radius 3 is 1.65 bits per heavy atom. The Kier molecular flexibility index (Phi) is 36.1. The molecule has 0 rings (SSSR count). The zero-order valence-electron chi connectivity index (χ0n) is 22.6. The van der Waals surface area contributed by atoms with Crippen LogP contribution in [0.2, 0.25) is 0 Å². The Labute approximate surface area is 220 Å². The van der Waals surface area contributed by atoms with Crippen molar-refractivity contribution < 1.29 is 19.0 Å². The molecule has 0 radical (unpaired) electrons. The molecule has 0 aromatic rings. The molecular weight excluding hydrogens is 492 g/mol. The summed E-state index contributed by atoms with van der Waals surface area (Å²) in [6, 6.07) is 0. The van der Waals surface area contributed by atoms with Crippen molar-refractivity contribution >= 4 is 22.4 Å². The molecule has 4 nitrogen and oxygen atoms in total. The lowest BCUT2D eigenvalue weighted by Gasteiger charge is -2.16. The van der Waals surface area contributed by atoms with Crippen molar-refractivity contribution in [1.82, 2.24) is 0 Å². The van der Waals surface area contributed by atoms with Gasteiger partial charge in [0.05, 0.1) is 19.8 Å². The van der Waals surface area contributed by atoms with Crippen LogP contribution < -0.4 is 0 Å². The van der Waals surface area contributed by atoms with E-state index in [9.17, 15) is 4.79 Å². The molecule has 202 valence electrons. The van der Waals surface area contributed by atoms with Gasteiger partial charge >= 0.3 is 0 Å². The fraction of sp³-hybridized carbons (Fsp3) is 0.828. The SMILES string of the molecule is CCCCCC/C=C\COC(CCC)OC/C=C\CCCCCC.O=COCCCCCCBr. The van der Waals surface area contributed by atoms with E-state index in [1.54, 1.807) is 0 Å². The van der Waals surface area contributed by atoms with Crippen LogP contribution in [-0.2, 0) is 19.0 Å². The van der Waals surface area contributed by atoms with Crippen molar-refractivity contribution in [1.29, 1.82) is 0 Å². The van der Waals surface area contributed by atoms with Gasteiger partial charge in [-0.2, -0.15) is 0 Å². The maximum absolute atomic E-state index is 9.66. The van der Waals surface area contributed by atoms with Gasteiger partial charge in [-0.05, 0) is 44.9 Å². The molecule has 0 unspecified atom stereocenters. The van der Waals surface area contributed by atoms with Gasteiger partial charge in [-0.15, -0.1) is 0 Å². The molecule has 0 atom stereocenters. The molecule has 0 aliphatic carbocycles. The van der Waals surface area contributed by atoms with E-state index in [2.05, 4.69) is 65.7 Å². The van der Waals surface area contributed by atoms with Gasteiger partial charge in [0.15, 0.2) is 6.29 Å². The number of rotatable bonds is 25. The number of hydrogen-bond acceptors (Lipinski definition) is 4. The van der Waals surface area contributed by atoms with Crippen LogP contribution in [0.15, 0.2) is 24.3 Å². The second-order valence-electron chi connectivity index (χ2n) is 8.60. The van der Waals surface area contributed by atoms with E-state index in [0.717, 1.165) is 31.0 Å². The minimum Gasteiger partial charge on any atom is -0.468 e. The topological polar surface area (TPSA) is 44.8 Å². The lowest BCUT2D eigenvalue weighted by atomic mass is 10.1. The molecule has 0 aromatic heterocycles. The predicted octanol–water partition coefficient (Wildman–Crippen LogP) is 9.31. The van der Waals surface area contributed by atoms with Crippen LogP contribution in [0.4, 0.5) is 0 Å². The Morgan fingerprint density at radius 2 is 1.18 bits per heavy atom. The van der Waals surface area contributed by atoms with Crippen molar-refractivity contribution in [3.63, 3.8) is 0 Å². The Balaban J connectivity index is 0. The standard InChI is InChI=1S/C22H42O2.C7H13BrO2/c1-4-7-9-11-13-15-17-20-23-22(19-6-3)24-21-18-16-14-12-10-8-5-2;8-5-3-1-2-4-6-10-7-9/h15-18,22H,4-14,19-21H2,1-3H3;7H,1-6H2/b17-15-,18-16-;. The molecule has 0 bridgehead atoms. The van der Waals surface area contributed by atoms with Gasteiger partial charge in [-0.3, -0.25) is 4.79 Å². The summed E-state index contributed by atoms with van der Waals surface area (Å²) < 4.78 is 16.2. The Hall–Kier alpha value is -0.650. The van der Waals surface area contributed by atoms with Crippen LogP contribution in [0.1, 0.15) is 124 Å². The van der Waals surface area contributed by atoms with Gasteiger partial charge in [-0.1, -0.05) is 119 Å². The summed E-state index contributed by atoms with van der Waals surface area (Å²) in [5.41, 5.74) is 0. The molecule has 0 aliphatic rings. The second kappa shape index (κ2) is 34.5. The molecule has 5 heteroatoms. The van der Waals surface area contributed by atoms with Crippen LogP contribution in [0.5, 0.6) is 0 Å². The van der Waals surface area contributed by atoms with Crippen molar-refractivity contribution in [2.24, 2.45) is 0 Å². The molecular formula is C29H55BrO4. The third-order valence-electron chi connectivity index (χ3n) is 5.28. The van der Waals surface area contributed by atoms with Crippen molar-refractivity contribution in [2.45, 2.75) is 130 Å². The summed E-state index contributed by atoms with van der Waals surface area (Å²) in [6.45, 7) is 9.08. The zero-order chi connectivity index (χ0) is 25.4. The first-order valence-electron chi connectivity index (χ1n) is 13.9. The third kappa shape index (κ3) is 33.5. The normalized spacial score (nSPS) is 11.3. The molecule has 34 heavy (non-hydrogen) atoms. The maximum Gasteiger partial charge on any atom is 0.293 e. The third-order valence-corrected chi connectivity index (χ3v) is 5.84. The minimum atomic E-state index is -0.0653. The van der Waals surface area contributed by atoms with Crippen molar-refractivity contribution in [3.8, 4) is 0 Å². The average molecular weight is 548 g/mol. The smallest absolute Gasteiger partial charge is 0.293 e. The highest BCUT2D eigenvalue weighted by Crippen LogP contribution is 2.07. The summed E-state index contributed by atoms with van der Waals surface area (Å²) in [4.78, 5) is 9.66. The van der Waals surface area contributed by atoms with Crippen molar-refractivity contribution in [3.05, 3.63) is 24.3 Å². The van der Waals surface area contributed by atoms with Crippen molar-refractivity contribution in [2.75, 3.05) is 25.2 Å². The number of carbonyl (C=O) groups is 1. The number of ether oxygens (including phenoxy) is 3. The maximum atomic E-state index is 9.66. The molecule has 0 aromatic carbocycles. The van der Waals surface area contributed by atoms with E-state index in [4.69, 9.17) is 9.47 Å². The number of hydrogen-bond donors (Lipinski definition) is 0. The van der Waals surface area contributed by atoms with Crippen LogP contribution in [0.3, 0.4) is 0 Å². The quantitative estimate of drug-likeness (QED) is 0.0376. The summed E-state index contributed by atoms with van der Waals surface area (Å²) in [6.07, 6.45) is 28.2. The molecule has 0 spiro atoms. The molecule has 0 fully saturated rings. The zero-order valence-corrected chi connectivity index (χ0v) is 24.2. The lowest BCUT2D eigenvalue weighted by Crippen LogP contribution is -2.17. The van der Waals surface area contributed by atoms with Gasteiger partial charge in [0, 0.05) is 5.33 Å². The van der Waals surface area contributed by atoms with Crippen LogP contribution in [-0.4, -0.2) is 37.9 Å². The second-order valence-corrected chi connectivity index (χ2v) is 9.39. The van der Waals surface area contributed by atoms with Crippen LogP contribution in [0, 0.1) is 0 Å². The summed E-state index contributed by atoms with van der Waals surface area (Å²) in [7, 11) is 0. The Morgan fingerprint density at radius 1 is 0.647 bits per heavy atom. The predicted molar refractivity (Wildman–Crippen MR) is 151 cm³/mol. The highest BCUT2D eigenvalue weighted by molar-refractivity contribution is 9.09. The number of unbranched alkanes of at least 4 members (excludes halogenated alkanes) is 11. The minimum absolute atomic E-state index is 0.0653. The molecule has 0 amide bonds. The lowest BCUT2D eigenvalue weighted by molar-refractivity contribution is -0.130. The van der Waals surface area contributed by atoms with Crippen LogP contribution >= 0.6 is 15.9 Å². The van der Waals surface area contributed by atoms with Gasteiger partial charge < -0.3 is 14.2 Å². The highest BCUT2D eigenvalue weighted by atomic mass is 79.9. The van der Waals surface area contributed by atoms with Crippen LogP contribution in [0.25, 0.3) is 0 Å². The fourth-order valence-electron chi connectivity index (χ4n) is 3.21. The van der Waals surface area contributed by atoms with Gasteiger partial charge in [0.1, 0.15) is 0 Å². The number of halogens is 1. The van der Waals surface area contributed by atoms with E-state index >= 15 is 0 Å². The van der Waals surface area contributed by atoms with Gasteiger partial charge in [0.25, 0.3) is 6.47 Å². The van der Waals surface area contributed by atoms with E-state index in [1.807, 2.05) is 0 Å².